The fraction of sp³-hybridized carbons (Fsp3) is 0.238. The molecule has 8 nitrogen and oxygen atoms in total. The van der Waals surface area contributed by atoms with Crippen molar-refractivity contribution in [3.63, 3.8) is 0 Å². The van der Waals surface area contributed by atoms with Gasteiger partial charge in [0.1, 0.15) is 0 Å². The van der Waals surface area contributed by atoms with Crippen LogP contribution in [0.15, 0.2) is 53.6 Å². The summed E-state index contributed by atoms with van der Waals surface area (Å²) in [6, 6.07) is 14.1. The van der Waals surface area contributed by atoms with Crippen molar-refractivity contribution in [3.05, 3.63) is 54.1 Å². The van der Waals surface area contributed by atoms with E-state index in [1.165, 1.54) is 13.1 Å². The van der Waals surface area contributed by atoms with E-state index < -0.39 is 11.8 Å². The number of benzene rings is 2. The van der Waals surface area contributed by atoms with Gasteiger partial charge >= 0.3 is 11.8 Å². The summed E-state index contributed by atoms with van der Waals surface area (Å²) in [5.41, 5.74) is 5.13. The Morgan fingerprint density at radius 2 is 1.41 bits per heavy atom. The van der Waals surface area contributed by atoms with Gasteiger partial charge in [-0.2, -0.15) is 5.10 Å². The minimum Gasteiger partial charge on any atom is -0.372 e. The molecule has 8 heteroatoms. The zero-order chi connectivity index (χ0) is 21.2. The number of carbonyl (C=O) groups is 3. The monoisotopic (exact) mass is 395 g/mol. The SMILES string of the molecule is CCN(CC)c1ccc(/C=N/NC(=O)C(=O)Nc2ccc(NC(C)=O)cc2)cc1. The second-order valence-corrected chi connectivity index (χ2v) is 6.18. The molecule has 3 N–H and O–H groups in total. The number of hydrogen-bond donors (Lipinski definition) is 3. The largest absolute Gasteiger partial charge is 0.372 e. The van der Waals surface area contributed by atoms with Crippen LogP contribution in [0, 0.1) is 0 Å². The molecular formula is C21H25N5O3. The maximum absolute atomic E-state index is 11.9. The van der Waals surface area contributed by atoms with E-state index in [-0.39, 0.29) is 5.91 Å². The lowest BCUT2D eigenvalue weighted by molar-refractivity contribution is -0.136. The van der Waals surface area contributed by atoms with E-state index >= 15 is 0 Å². The van der Waals surface area contributed by atoms with Gasteiger partial charge in [-0.05, 0) is 55.8 Å². The average Bonchev–Trinajstić information content (AvgIpc) is 2.71. The van der Waals surface area contributed by atoms with Crippen molar-refractivity contribution < 1.29 is 14.4 Å². The van der Waals surface area contributed by atoms with Crippen LogP contribution in [-0.2, 0) is 14.4 Å². The van der Waals surface area contributed by atoms with Crippen LogP contribution in [0.1, 0.15) is 26.3 Å². The minimum atomic E-state index is -0.882. The zero-order valence-electron chi connectivity index (χ0n) is 16.7. The lowest BCUT2D eigenvalue weighted by Gasteiger charge is -2.20. The van der Waals surface area contributed by atoms with Crippen LogP contribution in [-0.4, -0.2) is 37.0 Å². The lowest BCUT2D eigenvalue weighted by atomic mass is 10.2. The Labute approximate surface area is 170 Å². The Bertz CT molecular complexity index is 872. The van der Waals surface area contributed by atoms with E-state index in [2.05, 4.69) is 39.9 Å². The van der Waals surface area contributed by atoms with Crippen LogP contribution in [0.25, 0.3) is 0 Å². The topological polar surface area (TPSA) is 103 Å². The Kier molecular flexibility index (Phi) is 7.90. The first-order chi connectivity index (χ1) is 13.9. The second kappa shape index (κ2) is 10.6. The van der Waals surface area contributed by atoms with E-state index in [4.69, 9.17) is 0 Å². The standard InChI is InChI=1S/C21H25N5O3/c1-4-26(5-2)19-12-6-16(7-13-19)14-22-25-21(29)20(28)24-18-10-8-17(9-11-18)23-15(3)27/h6-14H,4-5H2,1-3H3,(H,23,27)(H,24,28)(H,25,29)/b22-14+. The summed E-state index contributed by atoms with van der Waals surface area (Å²) < 4.78 is 0. The van der Waals surface area contributed by atoms with Gasteiger partial charge in [0.05, 0.1) is 6.21 Å². The van der Waals surface area contributed by atoms with Gasteiger partial charge in [-0.3, -0.25) is 14.4 Å². The molecular weight excluding hydrogens is 370 g/mol. The van der Waals surface area contributed by atoms with Gasteiger partial charge in [-0.25, -0.2) is 5.43 Å². The quantitative estimate of drug-likeness (QED) is 0.381. The Morgan fingerprint density at radius 3 is 1.93 bits per heavy atom. The van der Waals surface area contributed by atoms with Crippen molar-refractivity contribution in [3.8, 4) is 0 Å². The molecule has 0 aliphatic heterocycles. The van der Waals surface area contributed by atoms with Crippen LogP contribution in [0.3, 0.4) is 0 Å². The number of amides is 3. The maximum atomic E-state index is 11.9. The predicted octanol–water partition coefficient (Wildman–Crippen LogP) is 2.58. The fourth-order valence-corrected chi connectivity index (χ4v) is 2.60. The molecule has 2 rings (SSSR count). The van der Waals surface area contributed by atoms with E-state index in [0.29, 0.717) is 11.4 Å². The molecule has 0 aliphatic carbocycles. The van der Waals surface area contributed by atoms with Crippen molar-refractivity contribution in [1.82, 2.24) is 5.43 Å². The van der Waals surface area contributed by atoms with Crippen molar-refractivity contribution in [2.75, 3.05) is 28.6 Å². The fourth-order valence-electron chi connectivity index (χ4n) is 2.60. The van der Waals surface area contributed by atoms with Gasteiger partial charge in [0, 0.05) is 37.1 Å². The van der Waals surface area contributed by atoms with Crippen molar-refractivity contribution in [2.45, 2.75) is 20.8 Å². The third-order valence-corrected chi connectivity index (χ3v) is 4.07. The highest BCUT2D eigenvalue weighted by atomic mass is 16.2. The predicted molar refractivity (Wildman–Crippen MR) is 115 cm³/mol. The van der Waals surface area contributed by atoms with Crippen molar-refractivity contribution in [1.29, 1.82) is 0 Å². The minimum absolute atomic E-state index is 0.193. The molecule has 29 heavy (non-hydrogen) atoms. The third kappa shape index (κ3) is 6.76. The highest BCUT2D eigenvalue weighted by Gasteiger charge is 2.12. The third-order valence-electron chi connectivity index (χ3n) is 4.07. The highest BCUT2D eigenvalue weighted by molar-refractivity contribution is 6.39. The van der Waals surface area contributed by atoms with E-state index in [0.717, 1.165) is 24.3 Å². The molecule has 0 aromatic heterocycles. The molecule has 0 aliphatic rings. The first kappa shape index (κ1) is 21.6. The Balaban J connectivity index is 1.86. The molecule has 0 heterocycles. The number of hydrogen-bond acceptors (Lipinski definition) is 5. The summed E-state index contributed by atoms with van der Waals surface area (Å²) in [4.78, 5) is 37.0. The Morgan fingerprint density at radius 1 is 0.862 bits per heavy atom. The number of nitrogens with one attached hydrogen (secondary N) is 3. The summed E-state index contributed by atoms with van der Waals surface area (Å²) in [6.45, 7) is 7.43. The molecule has 0 unspecified atom stereocenters. The first-order valence-electron chi connectivity index (χ1n) is 9.30. The summed E-state index contributed by atoms with van der Waals surface area (Å²) >= 11 is 0. The van der Waals surface area contributed by atoms with E-state index in [9.17, 15) is 14.4 Å². The molecule has 0 atom stereocenters. The molecule has 2 aromatic rings. The lowest BCUT2D eigenvalue weighted by Crippen LogP contribution is -2.32. The molecule has 0 saturated carbocycles. The molecule has 3 amide bonds. The van der Waals surface area contributed by atoms with Crippen LogP contribution in [0.2, 0.25) is 0 Å². The molecule has 0 radical (unpaired) electrons. The first-order valence-corrected chi connectivity index (χ1v) is 9.30. The van der Waals surface area contributed by atoms with Gasteiger partial charge in [-0.15, -0.1) is 0 Å². The van der Waals surface area contributed by atoms with Gasteiger partial charge in [-0.1, -0.05) is 12.1 Å². The number of nitrogens with zero attached hydrogens (tertiary/aromatic N) is 2. The molecule has 2 aromatic carbocycles. The second-order valence-electron chi connectivity index (χ2n) is 6.18. The van der Waals surface area contributed by atoms with Crippen LogP contribution in [0.4, 0.5) is 17.1 Å². The summed E-state index contributed by atoms with van der Waals surface area (Å²) in [6.07, 6.45) is 1.47. The van der Waals surface area contributed by atoms with Crippen LogP contribution in [0.5, 0.6) is 0 Å². The van der Waals surface area contributed by atoms with Gasteiger partial charge in [0.2, 0.25) is 5.91 Å². The molecule has 0 bridgehead atoms. The van der Waals surface area contributed by atoms with Crippen LogP contribution >= 0.6 is 0 Å². The summed E-state index contributed by atoms with van der Waals surface area (Å²) in [5, 5.41) is 8.89. The number of carbonyl (C=O) groups excluding carboxylic acids is 3. The van der Waals surface area contributed by atoms with Gasteiger partial charge in [0.15, 0.2) is 0 Å². The van der Waals surface area contributed by atoms with Crippen molar-refractivity contribution >= 4 is 41.0 Å². The van der Waals surface area contributed by atoms with E-state index in [1.807, 2.05) is 24.3 Å². The average molecular weight is 395 g/mol. The number of hydrazone groups is 1. The summed E-state index contributed by atoms with van der Waals surface area (Å²) in [5.74, 6) is -1.92. The molecule has 0 fully saturated rings. The summed E-state index contributed by atoms with van der Waals surface area (Å²) in [7, 11) is 0. The van der Waals surface area contributed by atoms with Gasteiger partial charge in [0.25, 0.3) is 0 Å². The van der Waals surface area contributed by atoms with E-state index in [1.54, 1.807) is 24.3 Å². The number of anilines is 3. The zero-order valence-corrected chi connectivity index (χ0v) is 16.7. The van der Waals surface area contributed by atoms with Crippen molar-refractivity contribution in [2.24, 2.45) is 5.10 Å². The molecule has 0 spiro atoms. The smallest absolute Gasteiger partial charge is 0.329 e. The molecule has 0 saturated heterocycles. The highest BCUT2D eigenvalue weighted by Crippen LogP contribution is 2.14. The number of rotatable bonds is 7. The Hall–Kier alpha value is -3.68. The maximum Gasteiger partial charge on any atom is 0.329 e. The molecule has 152 valence electrons. The van der Waals surface area contributed by atoms with Gasteiger partial charge < -0.3 is 15.5 Å². The normalized spacial score (nSPS) is 10.4. The van der Waals surface area contributed by atoms with Crippen LogP contribution < -0.4 is 21.0 Å².